The number of alkyl halides is 2. The average Bonchev–Trinajstić information content (AvgIpc) is 1.69. The fraction of sp³-hybridized carbons (Fsp3) is 0.868. The van der Waals surface area contributed by atoms with Crippen LogP contribution in [0.4, 0.5) is 0 Å². The Labute approximate surface area is 603 Å². The van der Waals surface area contributed by atoms with Gasteiger partial charge < -0.3 is 58.4 Å². The summed E-state index contributed by atoms with van der Waals surface area (Å²) in [5.74, 6) is 7.49. The number of morpholine rings is 1. The number of benzene rings is 1. The molecule has 7 atom stereocenters. The number of halogens is 2. The van der Waals surface area contributed by atoms with Crippen LogP contribution in [-0.4, -0.2) is 297 Å². The number of ether oxygens (including phenoxy) is 4. The largest absolute Gasteiger partial charge is 0.479 e. The van der Waals surface area contributed by atoms with Crippen molar-refractivity contribution in [1.82, 2.24) is 39.2 Å². The minimum Gasteiger partial charge on any atom is -0.479 e. The molecule has 13 aliphatic rings. The summed E-state index contributed by atoms with van der Waals surface area (Å²) in [5, 5.41) is 10.4. The van der Waals surface area contributed by atoms with Gasteiger partial charge in [-0.15, -0.1) is 46.7 Å². The van der Waals surface area contributed by atoms with Crippen molar-refractivity contribution in [3.8, 4) is 0 Å². The van der Waals surface area contributed by atoms with Crippen molar-refractivity contribution in [2.24, 2.45) is 27.7 Å². The van der Waals surface area contributed by atoms with Gasteiger partial charge in [0, 0.05) is 103 Å². The minimum absolute atomic E-state index is 0.00347. The highest BCUT2D eigenvalue weighted by Crippen LogP contribution is 2.52. The Hall–Kier alpha value is -1.10. The number of nitrogens with zero attached hydrogens (tertiary/aromatic N) is 10. The molecule has 9 heterocycles. The number of aliphatic hydroxyl groups is 1. The zero-order valence-electron chi connectivity index (χ0n) is 63.8. The van der Waals surface area contributed by atoms with Crippen LogP contribution in [-0.2, 0) is 18.9 Å². The highest BCUT2D eigenvalue weighted by atomic mass is 35.5. The number of methoxy groups -OCH3 is 2. The Kier molecular flexibility index (Phi) is 53.5. The van der Waals surface area contributed by atoms with Gasteiger partial charge in [-0.25, -0.2) is 0 Å². The lowest BCUT2D eigenvalue weighted by Gasteiger charge is -2.28. The number of hydrogen-bond acceptors (Lipinski definition) is 17. The van der Waals surface area contributed by atoms with Crippen LogP contribution in [0.3, 0.4) is 0 Å². The fourth-order valence-electron chi connectivity index (χ4n) is 11.8. The second-order valence-corrected chi connectivity index (χ2v) is 32.6. The number of piperidine rings is 1. The molecule has 556 valence electrons. The van der Waals surface area contributed by atoms with Crippen LogP contribution in [0.5, 0.6) is 0 Å². The van der Waals surface area contributed by atoms with E-state index in [0.29, 0.717) is 23.9 Å². The van der Waals surface area contributed by atoms with E-state index >= 15 is 0 Å². The highest BCUT2D eigenvalue weighted by Gasteiger charge is 2.47. The van der Waals surface area contributed by atoms with Crippen molar-refractivity contribution in [3.63, 3.8) is 0 Å². The fourth-order valence-corrected chi connectivity index (χ4v) is 13.9. The molecule has 0 aromatic heterocycles. The number of aliphatic imine (C=N–C) groups is 2. The van der Waals surface area contributed by atoms with Gasteiger partial charge in [0.05, 0.1) is 44.1 Å². The number of rotatable bonds is 5. The Bertz CT molecular complexity index is 1950. The first-order chi connectivity index (χ1) is 45.5. The Morgan fingerprint density at radius 1 is 0.558 bits per heavy atom. The van der Waals surface area contributed by atoms with Crippen LogP contribution >= 0.6 is 46.7 Å². The number of allylic oxidation sites excluding steroid dienone is 2. The number of hydrogen-bond donors (Lipinski definition) is 1. The number of likely N-dealkylation sites (tertiary alicyclic amines) is 4. The number of thioether (sulfide) groups is 2. The molecule has 9 aliphatic heterocycles. The third-order valence-electron chi connectivity index (χ3n) is 19.4. The number of likely N-dealkylation sites (N-methyl/N-ethyl adjacent to an activating group) is 5. The Morgan fingerprint density at radius 2 is 1.06 bits per heavy atom. The predicted molar refractivity (Wildman–Crippen MR) is 418 cm³/mol. The molecule has 0 spiro atoms. The molecule has 0 amide bonds. The maximum Gasteiger partial charge on any atom is 0.180 e. The van der Waals surface area contributed by atoms with E-state index in [2.05, 4.69) is 170 Å². The van der Waals surface area contributed by atoms with Gasteiger partial charge in [0.15, 0.2) is 5.90 Å². The van der Waals surface area contributed by atoms with Crippen LogP contribution in [0.1, 0.15) is 175 Å². The standard InChI is InChI=1S/C10H12.2C7H15NO.C7H14O.C7H12.C6H14N2.C6H13N.C5H11NO.C5H11N.C4H6Cl2.C4H7NO.C4H9NS.C4H7NS/c1-8-7-10(8)9-5-3-2-4-6-9;2*1-8-5-3-4-7(8)6-9-2;1-6-4-2-3-5-7(6)8;1-7-5-3-2-4-6-7;1-7-3-5-8(2)6-4-7;1-7-5-3-2-4-6-7;1-6-2-4-7-5-3-6;1-6-4-2-3-5-6;1-3-2-4(3,5)6;1-4-5-2-3-6-4;1-5-2-3-6-4-5;1-4-5-2-3-6-4/h2-6,8,10H,7H2,1H3;2*7H,3-6H2,1-2H3;6-8H,2-5H2,1H3;5H,2-4,6H2,1H3;3-6H2,1-2H3;2-6H2,1H3;2-5H2,1H3;2-5H2,1H3;3H,2H2,1H3;2-3H2,1H3;2-4H2,1H3;2-3H2,1H3/t8-,10-;2*7-;6-,7-;;;;;;;;;/m0100........./s1. The van der Waals surface area contributed by atoms with E-state index in [9.17, 15) is 5.11 Å². The first kappa shape index (κ1) is 90.0. The summed E-state index contributed by atoms with van der Waals surface area (Å²) in [7, 11) is 20.8. The second-order valence-electron chi connectivity index (χ2n) is 28.7. The molecule has 1 N–H and O–H groups in total. The van der Waals surface area contributed by atoms with Crippen LogP contribution < -0.4 is 0 Å². The molecule has 4 aliphatic carbocycles. The molecule has 95 heavy (non-hydrogen) atoms. The van der Waals surface area contributed by atoms with Crippen LogP contribution in [0.25, 0.3) is 0 Å². The molecular formula is C76H146Cl2N10O5S2. The van der Waals surface area contributed by atoms with E-state index in [1.165, 1.54) is 209 Å². The first-order valence-corrected chi connectivity index (χ1v) is 40.1. The normalized spacial score (nSPS) is 27.9. The topological polar surface area (TPSA) is 108 Å². The van der Waals surface area contributed by atoms with Crippen molar-refractivity contribution >= 4 is 57.7 Å². The smallest absolute Gasteiger partial charge is 0.180 e. The first-order valence-electron chi connectivity index (χ1n) is 37.2. The van der Waals surface area contributed by atoms with Gasteiger partial charge in [-0.2, -0.15) is 0 Å². The molecular weight excluding hydrogens is 1270 g/mol. The van der Waals surface area contributed by atoms with E-state index in [1.807, 2.05) is 37.4 Å². The van der Waals surface area contributed by atoms with Crippen molar-refractivity contribution in [1.29, 1.82) is 0 Å². The third kappa shape index (κ3) is 49.2. The molecule has 0 bridgehead atoms. The molecule has 7 saturated heterocycles. The molecule has 1 aromatic carbocycles. The zero-order valence-corrected chi connectivity index (χ0v) is 67.0. The molecule has 14 rings (SSSR count). The molecule has 0 radical (unpaired) electrons. The van der Waals surface area contributed by atoms with Gasteiger partial charge in [-0.05, 0) is 241 Å². The summed E-state index contributed by atoms with van der Waals surface area (Å²) in [6, 6.07) is 12.2. The van der Waals surface area contributed by atoms with Crippen LogP contribution in [0.2, 0.25) is 0 Å². The monoisotopic (exact) mass is 1410 g/mol. The summed E-state index contributed by atoms with van der Waals surface area (Å²) in [4.78, 5) is 26.8. The molecule has 1 aromatic rings. The van der Waals surface area contributed by atoms with E-state index in [0.717, 1.165) is 89.8 Å². The lowest BCUT2D eigenvalue weighted by atomic mass is 9.88. The van der Waals surface area contributed by atoms with E-state index in [-0.39, 0.29) is 10.4 Å². The SMILES string of the molecule is CC1=CCCCC1.CC1=NCCO1.CC1=NCCS1.CC1CC1(Cl)Cl.CN1CCCC1.CN1CCCCC1.CN1CCN(C)CC1.CN1CCOCC1.CN1CCSC1.COC[C@@H]1CCCN1C.COC[C@H]1CCCN1C.C[C@H]1CCCC[C@@H]1O.C[C@H]1C[C@@H]1c1ccccc1. The van der Waals surface area contributed by atoms with Gasteiger partial charge in [0.25, 0.3) is 0 Å². The Morgan fingerprint density at radius 3 is 1.31 bits per heavy atom. The van der Waals surface area contributed by atoms with Crippen molar-refractivity contribution in [2.75, 3.05) is 219 Å². The Balaban J connectivity index is 0.000000351. The summed E-state index contributed by atoms with van der Waals surface area (Å²) in [5.41, 5.74) is 3.11. The van der Waals surface area contributed by atoms with Gasteiger partial charge in [0.1, 0.15) is 10.9 Å². The molecule has 19 heteroatoms. The van der Waals surface area contributed by atoms with Crippen molar-refractivity contribution in [3.05, 3.63) is 47.5 Å². The molecule has 1 unspecified atom stereocenters. The number of aliphatic hydroxyl groups excluding tert-OH is 1. The van der Waals surface area contributed by atoms with Crippen LogP contribution in [0.15, 0.2) is 52.0 Å². The van der Waals surface area contributed by atoms with Gasteiger partial charge in [-0.3, -0.25) is 14.9 Å². The summed E-state index contributed by atoms with van der Waals surface area (Å²) >= 11 is 15.0. The quantitative estimate of drug-likeness (QED) is 0.223. The highest BCUT2D eigenvalue weighted by molar-refractivity contribution is 8.14. The molecule has 10 fully saturated rings. The van der Waals surface area contributed by atoms with Crippen molar-refractivity contribution in [2.45, 2.75) is 192 Å². The lowest BCUT2D eigenvalue weighted by molar-refractivity contribution is 0.0503. The summed E-state index contributed by atoms with van der Waals surface area (Å²) in [6.45, 7) is 35.1. The van der Waals surface area contributed by atoms with E-state index < -0.39 is 0 Å². The predicted octanol–water partition coefficient (Wildman–Crippen LogP) is 14.4. The van der Waals surface area contributed by atoms with Gasteiger partial charge >= 0.3 is 0 Å². The number of piperazine rings is 1. The molecule has 15 nitrogen and oxygen atoms in total. The van der Waals surface area contributed by atoms with Crippen LogP contribution in [0, 0.1) is 17.8 Å². The third-order valence-corrected chi connectivity index (χ3v) is 22.5. The zero-order chi connectivity index (χ0) is 70.1. The van der Waals surface area contributed by atoms with Gasteiger partial charge in [0.2, 0.25) is 0 Å². The average molecular weight is 1420 g/mol. The maximum atomic E-state index is 9.18. The summed E-state index contributed by atoms with van der Waals surface area (Å²) < 4.78 is 19.8. The minimum atomic E-state index is -0.347. The summed E-state index contributed by atoms with van der Waals surface area (Å²) in [6.07, 6.45) is 27.4. The van der Waals surface area contributed by atoms with E-state index in [1.54, 1.807) is 19.8 Å². The van der Waals surface area contributed by atoms with Crippen molar-refractivity contribution < 1.29 is 24.1 Å². The molecule has 3 saturated carbocycles. The maximum absolute atomic E-state index is 9.18. The lowest BCUT2D eigenvalue weighted by Crippen LogP contribution is -2.42. The van der Waals surface area contributed by atoms with Gasteiger partial charge in [-0.1, -0.05) is 82.0 Å². The second kappa shape index (κ2) is 56.4. The van der Waals surface area contributed by atoms with E-state index in [4.69, 9.17) is 42.1 Å².